The molecule has 2 aromatic carbocycles. The first-order chi connectivity index (χ1) is 15.2. The lowest BCUT2D eigenvalue weighted by Crippen LogP contribution is -2.42. The van der Waals surface area contributed by atoms with Crippen molar-refractivity contribution in [1.29, 1.82) is 0 Å². The van der Waals surface area contributed by atoms with Gasteiger partial charge in [0.25, 0.3) is 0 Å². The van der Waals surface area contributed by atoms with Gasteiger partial charge in [-0.25, -0.2) is 0 Å². The summed E-state index contributed by atoms with van der Waals surface area (Å²) in [5.74, 6) is 2.05. The molecule has 0 aromatic heterocycles. The summed E-state index contributed by atoms with van der Waals surface area (Å²) in [6.07, 6.45) is 2.37. The van der Waals surface area contributed by atoms with Gasteiger partial charge in [0.1, 0.15) is 5.75 Å². The minimum Gasteiger partial charge on any atom is -0.496 e. The smallest absolute Gasteiger partial charge is 0.191 e. The zero-order valence-electron chi connectivity index (χ0n) is 19.3. The second-order valence-electron chi connectivity index (χ2n) is 7.85. The molecule has 1 saturated heterocycles. The Hall–Kier alpha value is -1.84. The molecule has 2 unspecified atom stereocenters. The van der Waals surface area contributed by atoms with Crippen molar-refractivity contribution in [2.75, 3.05) is 40.5 Å². The molecule has 3 rings (SSSR count). The molecule has 0 bridgehead atoms. The van der Waals surface area contributed by atoms with Crippen LogP contribution >= 0.6 is 24.0 Å². The van der Waals surface area contributed by atoms with Gasteiger partial charge in [0.05, 0.1) is 26.4 Å². The molecule has 0 radical (unpaired) electrons. The molecule has 2 aromatic rings. The van der Waals surface area contributed by atoms with E-state index in [-0.39, 0.29) is 30.1 Å². The fourth-order valence-electron chi connectivity index (χ4n) is 3.87. The number of hydrogen-bond donors (Lipinski definition) is 2. The van der Waals surface area contributed by atoms with Crippen LogP contribution in [0.5, 0.6) is 5.75 Å². The van der Waals surface area contributed by atoms with E-state index >= 15 is 0 Å². The van der Waals surface area contributed by atoms with E-state index in [9.17, 15) is 0 Å². The van der Waals surface area contributed by atoms with Crippen molar-refractivity contribution >= 4 is 29.9 Å². The highest BCUT2D eigenvalue weighted by Gasteiger charge is 2.27. The molecule has 0 aliphatic carbocycles. The number of para-hydroxylation sites is 1. The first-order valence-electron chi connectivity index (χ1n) is 11.0. The number of benzene rings is 2. The van der Waals surface area contributed by atoms with Crippen molar-refractivity contribution in [1.82, 2.24) is 10.6 Å². The number of ether oxygens (including phenoxy) is 3. The molecule has 2 N–H and O–H groups in total. The lowest BCUT2D eigenvalue weighted by molar-refractivity contribution is -0.0265. The van der Waals surface area contributed by atoms with Gasteiger partial charge in [0.15, 0.2) is 5.96 Å². The Bertz CT molecular complexity index is 829. The number of guanidine groups is 1. The minimum absolute atomic E-state index is 0. The van der Waals surface area contributed by atoms with E-state index in [0.29, 0.717) is 25.7 Å². The maximum atomic E-state index is 6.13. The molecule has 7 heteroatoms. The average molecular weight is 553 g/mol. The number of aryl methyl sites for hydroxylation is 1. The molecule has 1 aliphatic heterocycles. The fourth-order valence-corrected chi connectivity index (χ4v) is 3.87. The van der Waals surface area contributed by atoms with Crippen LogP contribution in [0.4, 0.5) is 0 Å². The van der Waals surface area contributed by atoms with Crippen LogP contribution in [0.1, 0.15) is 35.6 Å². The summed E-state index contributed by atoms with van der Waals surface area (Å²) in [4.78, 5) is 4.34. The number of nitrogens with one attached hydrogen (secondary N) is 2. The highest BCUT2D eigenvalue weighted by molar-refractivity contribution is 14.0. The van der Waals surface area contributed by atoms with Crippen LogP contribution in [0.2, 0.25) is 0 Å². The van der Waals surface area contributed by atoms with Crippen LogP contribution in [0.3, 0.4) is 0 Å². The normalized spacial score (nSPS) is 18.5. The van der Waals surface area contributed by atoms with Crippen LogP contribution < -0.4 is 15.4 Å². The number of methoxy groups -OCH3 is 1. The predicted molar refractivity (Wildman–Crippen MR) is 140 cm³/mol. The number of halogens is 1. The molecule has 1 heterocycles. The predicted octanol–water partition coefficient (Wildman–Crippen LogP) is 4.47. The first-order valence-corrected chi connectivity index (χ1v) is 11.0. The van der Waals surface area contributed by atoms with E-state index in [4.69, 9.17) is 14.2 Å². The van der Waals surface area contributed by atoms with E-state index in [2.05, 4.69) is 46.8 Å². The number of aliphatic imine (C=N–C) groups is 1. The lowest BCUT2D eigenvalue weighted by Gasteiger charge is -2.32. The molecule has 2 atom stereocenters. The molecule has 176 valence electrons. The van der Waals surface area contributed by atoms with Crippen LogP contribution in [0.25, 0.3) is 0 Å². The van der Waals surface area contributed by atoms with E-state index in [1.807, 2.05) is 24.3 Å². The SMILES string of the molecule is CN=C(NCCOCc1ccccc1OC)NCC1CCCOC1c1ccc(C)cc1.I. The summed E-state index contributed by atoms with van der Waals surface area (Å²) in [7, 11) is 3.47. The third-order valence-electron chi connectivity index (χ3n) is 5.59. The van der Waals surface area contributed by atoms with Crippen molar-refractivity contribution < 1.29 is 14.2 Å². The molecule has 32 heavy (non-hydrogen) atoms. The topological polar surface area (TPSA) is 64.1 Å². The first kappa shape index (κ1) is 26.4. The van der Waals surface area contributed by atoms with Crippen LogP contribution in [-0.2, 0) is 16.1 Å². The summed E-state index contributed by atoms with van der Waals surface area (Å²) >= 11 is 0. The third-order valence-corrected chi connectivity index (χ3v) is 5.59. The quantitative estimate of drug-likeness (QED) is 0.208. The van der Waals surface area contributed by atoms with Crippen molar-refractivity contribution in [3.63, 3.8) is 0 Å². The Morgan fingerprint density at radius 2 is 1.91 bits per heavy atom. The third kappa shape index (κ3) is 7.94. The van der Waals surface area contributed by atoms with Crippen LogP contribution in [0, 0.1) is 12.8 Å². The lowest BCUT2D eigenvalue weighted by atomic mass is 9.89. The van der Waals surface area contributed by atoms with E-state index in [1.165, 1.54) is 11.1 Å². The zero-order valence-corrected chi connectivity index (χ0v) is 21.6. The van der Waals surface area contributed by atoms with Crippen LogP contribution in [-0.4, -0.2) is 46.4 Å². The number of hydrogen-bond acceptors (Lipinski definition) is 4. The molecule has 6 nitrogen and oxygen atoms in total. The van der Waals surface area contributed by atoms with Gasteiger partial charge >= 0.3 is 0 Å². The van der Waals surface area contributed by atoms with Crippen molar-refractivity contribution in [2.24, 2.45) is 10.9 Å². The number of rotatable bonds is 9. The molecule has 0 spiro atoms. The Morgan fingerprint density at radius 3 is 2.66 bits per heavy atom. The minimum atomic E-state index is 0. The summed E-state index contributed by atoms with van der Waals surface area (Å²) in [5, 5.41) is 6.79. The molecule has 1 aliphatic rings. The molecule has 1 fully saturated rings. The van der Waals surface area contributed by atoms with E-state index in [0.717, 1.165) is 43.3 Å². The second kappa shape index (κ2) is 14.3. The van der Waals surface area contributed by atoms with Gasteiger partial charge in [-0.2, -0.15) is 0 Å². The van der Waals surface area contributed by atoms with Gasteiger partial charge in [-0.3, -0.25) is 4.99 Å². The van der Waals surface area contributed by atoms with Gasteiger partial charge < -0.3 is 24.8 Å². The van der Waals surface area contributed by atoms with Gasteiger partial charge in [-0.15, -0.1) is 24.0 Å². The van der Waals surface area contributed by atoms with Crippen molar-refractivity contribution in [2.45, 2.75) is 32.5 Å². The maximum Gasteiger partial charge on any atom is 0.191 e. The van der Waals surface area contributed by atoms with Gasteiger partial charge in [0, 0.05) is 38.2 Å². The molecular formula is C25H36IN3O3. The van der Waals surface area contributed by atoms with Crippen molar-refractivity contribution in [3.05, 3.63) is 65.2 Å². The van der Waals surface area contributed by atoms with Crippen LogP contribution in [0.15, 0.2) is 53.5 Å². The highest BCUT2D eigenvalue weighted by atomic mass is 127. The van der Waals surface area contributed by atoms with Crippen molar-refractivity contribution in [3.8, 4) is 5.75 Å². The Kier molecular flexibility index (Phi) is 11.8. The second-order valence-corrected chi connectivity index (χ2v) is 7.85. The largest absolute Gasteiger partial charge is 0.496 e. The van der Waals surface area contributed by atoms with Gasteiger partial charge in [-0.05, 0) is 31.4 Å². The summed E-state index contributed by atoms with van der Waals surface area (Å²) in [6.45, 7) is 5.54. The Balaban J connectivity index is 0.00000363. The molecule has 0 saturated carbocycles. The van der Waals surface area contributed by atoms with E-state index < -0.39 is 0 Å². The van der Waals surface area contributed by atoms with E-state index in [1.54, 1.807) is 14.2 Å². The monoisotopic (exact) mass is 553 g/mol. The Labute approximate surface area is 209 Å². The Morgan fingerprint density at radius 1 is 1.12 bits per heavy atom. The fraction of sp³-hybridized carbons (Fsp3) is 0.480. The summed E-state index contributed by atoms with van der Waals surface area (Å²) in [6, 6.07) is 16.6. The molecule has 0 amide bonds. The summed E-state index contributed by atoms with van der Waals surface area (Å²) < 4.78 is 17.3. The number of nitrogens with zero attached hydrogens (tertiary/aromatic N) is 1. The maximum absolute atomic E-state index is 6.13. The van der Waals surface area contributed by atoms with Gasteiger partial charge in [-0.1, -0.05) is 48.0 Å². The van der Waals surface area contributed by atoms with Gasteiger partial charge in [0.2, 0.25) is 0 Å². The molecular weight excluding hydrogens is 517 g/mol. The highest BCUT2D eigenvalue weighted by Crippen LogP contribution is 2.33. The zero-order chi connectivity index (χ0) is 21.9. The summed E-state index contributed by atoms with van der Waals surface area (Å²) in [5.41, 5.74) is 3.57. The average Bonchev–Trinajstić information content (AvgIpc) is 2.82. The standard InChI is InChI=1S/C25H35N3O3.HI/c1-19-10-12-20(13-11-19)24-21(8-6-15-31-24)17-28-25(26-2)27-14-16-30-18-22-7-4-5-9-23(22)29-3;/h4-5,7,9-13,21,24H,6,8,14-18H2,1-3H3,(H2,26,27,28);1H.